The number of pyridine rings is 2. The monoisotopic (exact) mass is 485 g/mol. The summed E-state index contributed by atoms with van der Waals surface area (Å²) in [6, 6.07) is 17.7. The number of hydrogen-bond acceptors (Lipinski definition) is 7. The standard InChI is InChI=1S/C22H19N3O6S2/c26-32(27,28)20-12-16-11-19(7-8-21(16)22(13-20)33(29,30)31)25(14-17-5-1-3-9-23-17)15-18-6-2-4-10-24-18/h1-13H,14-15H2,(H,26,27,28)(H,29,30,31). The summed E-state index contributed by atoms with van der Waals surface area (Å²) in [5.74, 6) is 0. The van der Waals surface area contributed by atoms with E-state index in [-0.39, 0.29) is 10.8 Å². The lowest BCUT2D eigenvalue weighted by Gasteiger charge is -2.25. The Hall–Kier alpha value is -3.38. The molecule has 0 aliphatic carbocycles. The van der Waals surface area contributed by atoms with E-state index in [0.29, 0.717) is 18.8 Å². The maximum Gasteiger partial charge on any atom is 0.295 e. The van der Waals surface area contributed by atoms with E-state index in [1.807, 2.05) is 29.2 Å². The first-order chi connectivity index (χ1) is 15.6. The van der Waals surface area contributed by atoms with Gasteiger partial charge in [0.25, 0.3) is 20.2 Å². The Morgan fingerprint density at radius 1 is 0.727 bits per heavy atom. The third-order valence-electron chi connectivity index (χ3n) is 4.97. The van der Waals surface area contributed by atoms with Crippen LogP contribution in [-0.4, -0.2) is 35.9 Å². The van der Waals surface area contributed by atoms with Crippen LogP contribution in [0.25, 0.3) is 10.8 Å². The fourth-order valence-corrected chi connectivity index (χ4v) is 4.82. The number of rotatable bonds is 7. The van der Waals surface area contributed by atoms with Gasteiger partial charge in [-0.3, -0.25) is 19.1 Å². The van der Waals surface area contributed by atoms with Crippen molar-refractivity contribution in [3.8, 4) is 0 Å². The molecule has 0 fully saturated rings. The second kappa shape index (κ2) is 8.87. The van der Waals surface area contributed by atoms with Crippen LogP contribution in [0.1, 0.15) is 11.4 Å². The average Bonchev–Trinajstić information content (AvgIpc) is 2.77. The zero-order chi connectivity index (χ0) is 23.6. The molecule has 0 atom stereocenters. The maximum atomic E-state index is 11.9. The second-order valence-electron chi connectivity index (χ2n) is 7.28. The quantitative estimate of drug-likeness (QED) is 0.377. The fourth-order valence-electron chi connectivity index (χ4n) is 3.47. The first-order valence-electron chi connectivity index (χ1n) is 9.69. The highest BCUT2D eigenvalue weighted by atomic mass is 32.2. The van der Waals surface area contributed by atoms with E-state index in [4.69, 9.17) is 0 Å². The van der Waals surface area contributed by atoms with Gasteiger partial charge in [-0.15, -0.1) is 0 Å². The van der Waals surface area contributed by atoms with Gasteiger partial charge in [0.1, 0.15) is 4.90 Å². The summed E-state index contributed by atoms with van der Waals surface area (Å²) in [5.41, 5.74) is 2.19. The predicted octanol–water partition coefficient (Wildman–Crippen LogP) is 3.33. The van der Waals surface area contributed by atoms with E-state index >= 15 is 0 Å². The average molecular weight is 486 g/mol. The maximum absolute atomic E-state index is 11.9. The summed E-state index contributed by atoms with van der Waals surface area (Å²) in [6.07, 6.45) is 3.34. The van der Waals surface area contributed by atoms with E-state index in [1.165, 1.54) is 6.07 Å². The first kappa shape index (κ1) is 22.8. The molecule has 2 aromatic heterocycles. The van der Waals surface area contributed by atoms with Gasteiger partial charge in [0.05, 0.1) is 29.4 Å². The molecule has 0 amide bonds. The van der Waals surface area contributed by atoms with Crippen molar-refractivity contribution < 1.29 is 25.9 Å². The molecule has 170 valence electrons. The number of aromatic nitrogens is 2. The van der Waals surface area contributed by atoms with E-state index in [0.717, 1.165) is 23.5 Å². The molecule has 0 aliphatic rings. The largest absolute Gasteiger partial charge is 0.360 e. The van der Waals surface area contributed by atoms with Gasteiger partial charge >= 0.3 is 0 Å². The minimum Gasteiger partial charge on any atom is -0.360 e. The Bertz CT molecular complexity index is 1470. The van der Waals surface area contributed by atoms with Crippen LogP contribution in [0.2, 0.25) is 0 Å². The third kappa shape index (κ3) is 5.34. The van der Waals surface area contributed by atoms with Crippen molar-refractivity contribution in [2.45, 2.75) is 22.9 Å². The SMILES string of the molecule is O=S(=O)(O)c1cc(S(=O)(=O)O)c2ccc(N(Cc3ccccn3)Cc3ccccn3)cc2c1. The molecule has 0 radical (unpaired) electrons. The minimum absolute atomic E-state index is 0.115. The Kier molecular flexibility index (Phi) is 6.13. The van der Waals surface area contributed by atoms with Crippen molar-refractivity contribution >= 4 is 36.7 Å². The van der Waals surface area contributed by atoms with Crippen molar-refractivity contribution in [1.82, 2.24) is 9.97 Å². The molecule has 2 heterocycles. The van der Waals surface area contributed by atoms with Gasteiger partial charge in [0.15, 0.2) is 0 Å². The molecule has 11 heteroatoms. The van der Waals surface area contributed by atoms with Gasteiger partial charge in [-0.05, 0) is 53.9 Å². The van der Waals surface area contributed by atoms with Crippen molar-refractivity contribution in [3.63, 3.8) is 0 Å². The van der Waals surface area contributed by atoms with E-state index < -0.39 is 30.0 Å². The molecule has 4 aromatic rings. The summed E-state index contributed by atoms with van der Waals surface area (Å²) in [7, 11) is -9.47. The predicted molar refractivity (Wildman–Crippen MR) is 122 cm³/mol. The lowest BCUT2D eigenvalue weighted by molar-refractivity contribution is 0.482. The molecule has 0 unspecified atom stereocenters. The van der Waals surface area contributed by atoms with Crippen LogP contribution in [0.3, 0.4) is 0 Å². The molecule has 0 saturated carbocycles. The van der Waals surface area contributed by atoms with Gasteiger partial charge in [-0.2, -0.15) is 16.8 Å². The smallest absolute Gasteiger partial charge is 0.295 e. The summed E-state index contributed by atoms with van der Waals surface area (Å²) in [4.78, 5) is 9.40. The van der Waals surface area contributed by atoms with Crippen molar-refractivity contribution in [2.75, 3.05) is 4.90 Å². The van der Waals surface area contributed by atoms with Gasteiger partial charge in [-0.1, -0.05) is 18.2 Å². The lowest BCUT2D eigenvalue weighted by Crippen LogP contribution is -2.23. The number of benzene rings is 2. The van der Waals surface area contributed by atoms with Gasteiger partial charge in [-0.25, -0.2) is 0 Å². The van der Waals surface area contributed by atoms with Crippen LogP contribution >= 0.6 is 0 Å². The molecule has 0 spiro atoms. The Balaban J connectivity index is 1.86. The van der Waals surface area contributed by atoms with Gasteiger partial charge in [0.2, 0.25) is 0 Å². The molecular formula is C22H19N3O6S2. The Morgan fingerprint density at radius 3 is 1.82 bits per heavy atom. The molecule has 0 saturated heterocycles. The highest BCUT2D eigenvalue weighted by Crippen LogP contribution is 2.31. The highest BCUT2D eigenvalue weighted by molar-refractivity contribution is 7.86. The van der Waals surface area contributed by atoms with Gasteiger partial charge < -0.3 is 4.90 Å². The highest BCUT2D eigenvalue weighted by Gasteiger charge is 2.21. The Morgan fingerprint density at radius 2 is 1.33 bits per heavy atom. The zero-order valence-electron chi connectivity index (χ0n) is 17.1. The molecule has 4 rings (SSSR count). The molecule has 2 aromatic carbocycles. The van der Waals surface area contributed by atoms with Gasteiger partial charge in [0, 0.05) is 23.5 Å². The molecule has 0 aliphatic heterocycles. The summed E-state index contributed by atoms with van der Waals surface area (Å²) in [5, 5.41) is 0.326. The number of fused-ring (bicyclic) bond motifs is 1. The molecule has 0 bridgehead atoms. The normalized spacial score (nSPS) is 12.1. The topological polar surface area (TPSA) is 138 Å². The van der Waals surface area contributed by atoms with E-state index in [1.54, 1.807) is 36.7 Å². The lowest BCUT2D eigenvalue weighted by atomic mass is 10.1. The summed E-state index contributed by atoms with van der Waals surface area (Å²) < 4.78 is 66.3. The third-order valence-corrected chi connectivity index (χ3v) is 6.70. The minimum atomic E-state index is -4.75. The Labute approximate surface area is 190 Å². The van der Waals surface area contributed by atoms with Crippen LogP contribution < -0.4 is 4.90 Å². The zero-order valence-corrected chi connectivity index (χ0v) is 18.7. The number of anilines is 1. The summed E-state index contributed by atoms with van der Waals surface area (Å²) in [6.45, 7) is 0.790. The molecule has 33 heavy (non-hydrogen) atoms. The number of nitrogens with zero attached hydrogens (tertiary/aromatic N) is 3. The van der Waals surface area contributed by atoms with Crippen molar-refractivity contribution in [1.29, 1.82) is 0 Å². The van der Waals surface area contributed by atoms with Crippen LogP contribution in [0.15, 0.2) is 88.9 Å². The van der Waals surface area contributed by atoms with Crippen LogP contribution in [0, 0.1) is 0 Å². The fraction of sp³-hybridized carbons (Fsp3) is 0.0909. The molecular weight excluding hydrogens is 466 g/mol. The van der Waals surface area contributed by atoms with Crippen molar-refractivity contribution in [2.24, 2.45) is 0 Å². The van der Waals surface area contributed by atoms with E-state index in [9.17, 15) is 25.9 Å². The van der Waals surface area contributed by atoms with Crippen LogP contribution in [0.5, 0.6) is 0 Å². The van der Waals surface area contributed by atoms with Crippen molar-refractivity contribution in [3.05, 3.63) is 90.5 Å². The van der Waals surface area contributed by atoms with Crippen LogP contribution in [0.4, 0.5) is 5.69 Å². The molecule has 9 nitrogen and oxygen atoms in total. The molecule has 2 N–H and O–H groups in total. The van der Waals surface area contributed by atoms with E-state index in [2.05, 4.69) is 9.97 Å². The summed E-state index contributed by atoms with van der Waals surface area (Å²) >= 11 is 0. The first-order valence-corrected chi connectivity index (χ1v) is 12.6. The number of hydrogen-bond donors (Lipinski definition) is 2. The van der Waals surface area contributed by atoms with Crippen LogP contribution in [-0.2, 0) is 33.3 Å². The second-order valence-corrected chi connectivity index (χ2v) is 10.1.